The van der Waals surface area contributed by atoms with E-state index in [1.165, 1.54) is 0 Å². The molecule has 1 saturated heterocycles. The Morgan fingerprint density at radius 2 is 2.22 bits per heavy atom. The Bertz CT molecular complexity index is 707. The molecule has 0 saturated carbocycles. The quantitative estimate of drug-likeness (QED) is 0.811. The fourth-order valence-corrected chi connectivity index (χ4v) is 4.14. The van der Waals surface area contributed by atoms with Crippen molar-refractivity contribution in [2.24, 2.45) is 5.92 Å². The summed E-state index contributed by atoms with van der Waals surface area (Å²) >= 11 is 12.5. The molecule has 1 unspecified atom stereocenters. The normalized spacial score (nSPS) is 26.4. The maximum Gasteiger partial charge on any atom is 0.248 e. The minimum Gasteiger partial charge on any atom is -0.387 e. The van der Waals surface area contributed by atoms with Gasteiger partial charge in [-0.25, -0.2) is 0 Å². The molecule has 1 aromatic rings. The van der Waals surface area contributed by atoms with Gasteiger partial charge in [0.05, 0.1) is 10.0 Å². The highest BCUT2D eigenvalue weighted by atomic mass is 35.5. The average Bonchev–Trinajstić information content (AvgIpc) is 2.98. The number of carbonyl (C=O) groups excluding carboxylic acids is 2. The lowest BCUT2D eigenvalue weighted by Gasteiger charge is -2.41. The van der Waals surface area contributed by atoms with Gasteiger partial charge in [0.15, 0.2) is 0 Å². The summed E-state index contributed by atoms with van der Waals surface area (Å²) in [7, 11) is 0. The van der Waals surface area contributed by atoms with Crippen LogP contribution in [0, 0.1) is 12.8 Å². The second-order valence-corrected chi connectivity index (χ2v) is 7.10. The van der Waals surface area contributed by atoms with E-state index in [4.69, 9.17) is 28.3 Å². The molecule has 2 atom stereocenters. The van der Waals surface area contributed by atoms with E-state index in [-0.39, 0.29) is 17.7 Å². The van der Waals surface area contributed by atoms with Crippen molar-refractivity contribution >= 4 is 40.7 Å². The lowest BCUT2D eigenvalue weighted by Crippen LogP contribution is -2.48. The van der Waals surface area contributed by atoms with E-state index < -0.39 is 12.0 Å². The minimum atomic E-state index is -0.524. The first-order chi connectivity index (χ1) is 10.8. The van der Waals surface area contributed by atoms with Crippen LogP contribution in [0.5, 0.6) is 0 Å². The SMILES string of the molecule is Cc1c(Cl)c(Cl)cc2c1NC(=O)C(C)[C@]21CCN(C(=O)CO)C1. The van der Waals surface area contributed by atoms with Crippen LogP contribution < -0.4 is 5.32 Å². The Morgan fingerprint density at radius 1 is 1.52 bits per heavy atom. The molecule has 2 heterocycles. The number of aliphatic hydroxyl groups is 1. The maximum atomic E-state index is 12.5. The number of nitrogens with one attached hydrogen (secondary N) is 1. The number of hydrogen-bond donors (Lipinski definition) is 2. The van der Waals surface area contributed by atoms with E-state index in [9.17, 15) is 9.59 Å². The largest absolute Gasteiger partial charge is 0.387 e. The number of benzene rings is 1. The second-order valence-electron chi connectivity index (χ2n) is 6.31. The summed E-state index contributed by atoms with van der Waals surface area (Å²) in [6.07, 6.45) is 0.651. The monoisotopic (exact) mass is 356 g/mol. The Labute approximate surface area is 144 Å². The zero-order chi connectivity index (χ0) is 16.9. The predicted octanol–water partition coefficient (Wildman–Crippen LogP) is 2.35. The third-order valence-corrected chi connectivity index (χ3v) is 6.13. The summed E-state index contributed by atoms with van der Waals surface area (Å²) < 4.78 is 0. The molecule has 2 aliphatic heterocycles. The first-order valence-electron chi connectivity index (χ1n) is 7.50. The van der Waals surface area contributed by atoms with E-state index in [2.05, 4.69) is 5.32 Å². The van der Waals surface area contributed by atoms with Gasteiger partial charge in [0, 0.05) is 30.1 Å². The van der Waals surface area contributed by atoms with Crippen LogP contribution in [0.4, 0.5) is 5.69 Å². The van der Waals surface area contributed by atoms with Crippen molar-refractivity contribution in [1.29, 1.82) is 0 Å². The van der Waals surface area contributed by atoms with Gasteiger partial charge in [-0.05, 0) is 30.5 Å². The first-order valence-corrected chi connectivity index (χ1v) is 8.26. The third kappa shape index (κ3) is 2.33. The summed E-state index contributed by atoms with van der Waals surface area (Å²) in [5.41, 5.74) is 1.85. The van der Waals surface area contributed by atoms with Crippen molar-refractivity contribution in [3.05, 3.63) is 27.2 Å². The number of rotatable bonds is 1. The zero-order valence-corrected chi connectivity index (χ0v) is 14.5. The van der Waals surface area contributed by atoms with Crippen LogP contribution in [-0.2, 0) is 15.0 Å². The predicted molar refractivity (Wildman–Crippen MR) is 89.0 cm³/mol. The van der Waals surface area contributed by atoms with Gasteiger partial charge in [-0.3, -0.25) is 9.59 Å². The van der Waals surface area contributed by atoms with Crippen LogP contribution in [0.25, 0.3) is 0 Å². The number of anilines is 1. The van der Waals surface area contributed by atoms with Crippen molar-refractivity contribution in [1.82, 2.24) is 4.90 Å². The van der Waals surface area contributed by atoms with Crippen molar-refractivity contribution in [3.63, 3.8) is 0 Å². The van der Waals surface area contributed by atoms with Gasteiger partial charge in [-0.15, -0.1) is 0 Å². The van der Waals surface area contributed by atoms with Crippen molar-refractivity contribution < 1.29 is 14.7 Å². The van der Waals surface area contributed by atoms with E-state index in [0.29, 0.717) is 35.2 Å². The molecular weight excluding hydrogens is 339 g/mol. The van der Waals surface area contributed by atoms with Crippen LogP contribution in [0.3, 0.4) is 0 Å². The van der Waals surface area contributed by atoms with Crippen LogP contribution >= 0.6 is 23.2 Å². The van der Waals surface area contributed by atoms with Crippen LogP contribution in [0.15, 0.2) is 6.07 Å². The minimum absolute atomic E-state index is 0.0858. The van der Waals surface area contributed by atoms with Crippen LogP contribution in [0.2, 0.25) is 10.0 Å². The molecule has 0 aliphatic carbocycles. The molecule has 23 heavy (non-hydrogen) atoms. The standard InChI is InChI=1S/C16H18Cl2N2O3/c1-8-13(18)11(17)5-10-14(8)19-15(23)9(2)16(10)3-4-20(7-16)12(22)6-21/h5,9,21H,3-4,6-7H2,1-2H3,(H,19,23)/t9?,16-/m1/s1. The Kier molecular flexibility index (Phi) is 4.07. The van der Waals surface area contributed by atoms with Crippen LogP contribution in [-0.4, -0.2) is 41.5 Å². The number of likely N-dealkylation sites (tertiary alicyclic amines) is 1. The first kappa shape index (κ1) is 16.6. The van der Waals surface area contributed by atoms with Crippen molar-refractivity contribution in [2.45, 2.75) is 25.7 Å². The highest BCUT2D eigenvalue weighted by Gasteiger charge is 2.51. The Hall–Kier alpha value is -1.30. The summed E-state index contributed by atoms with van der Waals surface area (Å²) in [6.45, 7) is 4.07. The topological polar surface area (TPSA) is 69.6 Å². The molecule has 2 N–H and O–H groups in total. The molecule has 2 amide bonds. The van der Waals surface area contributed by atoms with Gasteiger partial charge in [-0.1, -0.05) is 30.1 Å². The van der Waals surface area contributed by atoms with Gasteiger partial charge in [-0.2, -0.15) is 0 Å². The molecule has 1 fully saturated rings. The molecule has 1 aromatic carbocycles. The molecule has 2 aliphatic rings. The van der Waals surface area contributed by atoms with Gasteiger partial charge in [0.25, 0.3) is 0 Å². The maximum absolute atomic E-state index is 12.5. The molecular formula is C16H18Cl2N2O3. The number of fused-ring (bicyclic) bond motifs is 2. The lowest BCUT2D eigenvalue weighted by atomic mass is 9.67. The van der Waals surface area contributed by atoms with E-state index in [1.807, 2.05) is 13.8 Å². The highest BCUT2D eigenvalue weighted by molar-refractivity contribution is 6.43. The van der Waals surface area contributed by atoms with Crippen LogP contribution in [0.1, 0.15) is 24.5 Å². The second kappa shape index (κ2) is 5.65. The summed E-state index contributed by atoms with van der Waals surface area (Å²) in [4.78, 5) is 25.9. The average molecular weight is 357 g/mol. The molecule has 1 spiro atoms. The number of amides is 2. The van der Waals surface area contributed by atoms with Crippen molar-refractivity contribution in [2.75, 3.05) is 25.0 Å². The number of hydrogen-bond acceptors (Lipinski definition) is 3. The molecule has 0 aromatic heterocycles. The van der Waals surface area contributed by atoms with Gasteiger partial charge in [0.1, 0.15) is 6.61 Å². The number of halogens is 2. The van der Waals surface area contributed by atoms with Crippen molar-refractivity contribution in [3.8, 4) is 0 Å². The van der Waals surface area contributed by atoms with Gasteiger partial charge >= 0.3 is 0 Å². The molecule has 5 nitrogen and oxygen atoms in total. The molecule has 7 heteroatoms. The number of aliphatic hydroxyl groups excluding tert-OH is 1. The molecule has 0 bridgehead atoms. The van der Waals surface area contributed by atoms with E-state index >= 15 is 0 Å². The lowest BCUT2D eigenvalue weighted by molar-refractivity contribution is -0.133. The van der Waals surface area contributed by atoms with Gasteiger partial charge in [0.2, 0.25) is 11.8 Å². The smallest absolute Gasteiger partial charge is 0.248 e. The van der Waals surface area contributed by atoms with E-state index in [0.717, 1.165) is 11.1 Å². The fraction of sp³-hybridized carbons (Fsp3) is 0.500. The molecule has 0 radical (unpaired) electrons. The van der Waals surface area contributed by atoms with E-state index in [1.54, 1.807) is 11.0 Å². The molecule has 3 rings (SSSR count). The molecule has 124 valence electrons. The third-order valence-electron chi connectivity index (χ3n) is 5.25. The Balaban J connectivity index is 2.15. The highest BCUT2D eigenvalue weighted by Crippen LogP contribution is 2.50. The zero-order valence-electron chi connectivity index (χ0n) is 12.9. The Morgan fingerprint density at radius 3 is 2.87 bits per heavy atom. The summed E-state index contributed by atoms with van der Waals surface area (Å²) in [5.74, 6) is -0.709. The summed E-state index contributed by atoms with van der Waals surface area (Å²) in [6, 6.07) is 1.80. The summed E-state index contributed by atoms with van der Waals surface area (Å²) in [5, 5.41) is 12.9. The number of nitrogens with zero attached hydrogens (tertiary/aromatic N) is 1. The number of carbonyl (C=O) groups is 2. The fourth-order valence-electron chi connectivity index (χ4n) is 3.74. The van der Waals surface area contributed by atoms with Gasteiger partial charge < -0.3 is 15.3 Å².